The molecular formula is C13H18ClNO5. The van der Waals surface area contributed by atoms with E-state index in [1.807, 2.05) is 0 Å². The maximum Gasteiger partial charge on any atom is 0.288 e. The van der Waals surface area contributed by atoms with Gasteiger partial charge in [-0.05, 0) is 18.1 Å². The van der Waals surface area contributed by atoms with Crippen LogP contribution in [0.25, 0.3) is 0 Å². The lowest BCUT2D eigenvalue weighted by Gasteiger charge is -2.06. The van der Waals surface area contributed by atoms with Gasteiger partial charge in [-0.2, -0.15) is 0 Å². The molecule has 0 spiro atoms. The first-order valence-electron chi connectivity index (χ1n) is 6.22. The van der Waals surface area contributed by atoms with E-state index in [0.717, 1.165) is 6.42 Å². The van der Waals surface area contributed by atoms with Crippen LogP contribution < -0.4 is 0 Å². The Labute approximate surface area is 122 Å². The van der Waals surface area contributed by atoms with Gasteiger partial charge in [0, 0.05) is 26.4 Å². The lowest BCUT2D eigenvalue weighted by Crippen LogP contribution is -2.06. The fourth-order valence-electron chi connectivity index (χ4n) is 1.50. The van der Waals surface area contributed by atoms with Crippen molar-refractivity contribution < 1.29 is 19.1 Å². The van der Waals surface area contributed by atoms with E-state index in [-0.39, 0.29) is 10.7 Å². The number of hydrogen-bond acceptors (Lipinski definition) is 5. The molecule has 0 atom stereocenters. The van der Waals surface area contributed by atoms with Crippen LogP contribution in [0.4, 0.5) is 5.69 Å². The zero-order chi connectivity index (χ0) is 14.8. The van der Waals surface area contributed by atoms with Gasteiger partial charge in [0.15, 0.2) is 0 Å². The van der Waals surface area contributed by atoms with Crippen molar-refractivity contribution in [2.45, 2.75) is 13.0 Å². The highest BCUT2D eigenvalue weighted by Gasteiger charge is 2.12. The van der Waals surface area contributed by atoms with E-state index in [1.165, 1.54) is 12.1 Å². The number of ether oxygens (including phenoxy) is 3. The summed E-state index contributed by atoms with van der Waals surface area (Å²) in [6.07, 6.45) is 0.847. The van der Waals surface area contributed by atoms with Gasteiger partial charge in [-0.3, -0.25) is 10.1 Å². The molecule has 0 N–H and O–H groups in total. The van der Waals surface area contributed by atoms with Gasteiger partial charge < -0.3 is 14.2 Å². The Balaban J connectivity index is 2.22. The molecule has 0 heterocycles. The van der Waals surface area contributed by atoms with Crippen LogP contribution in [0.5, 0.6) is 0 Å². The van der Waals surface area contributed by atoms with Gasteiger partial charge in [0.25, 0.3) is 5.69 Å². The van der Waals surface area contributed by atoms with Crippen LogP contribution in [0, 0.1) is 10.1 Å². The molecule has 112 valence electrons. The molecule has 0 saturated carbocycles. The predicted octanol–water partition coefficient (Wildman–Crippen LogP) is 2.82. The van der Waals surface area contributed by atoms with Crippen molar-refractivity contribution >= 4 is 17.3 Å². The zero-order valence-electron chi connectivity index (χ0n) is 11.3. The van der Waals surface area contributed by atoms with Crippen LogP contribution in [0.2, 0.25) is 5.02 Å². The summed E-state index contributed by atoms with van der Waals surface area (Å²) in [6.45, 7) is 2.52. The topological polar surface area (TPSA) is 70.8 Å². The highest BCUT2D eigenvalue weighted by molar-refractivity contribution is 6.32. The van der Waals surface area contributed by atoms with Crippen molar-refractivity contribution in [1.82, 2.24) is 0 Å². The lowest BCUT2D eigenvalue weighted by atomic mass is 10.2. The zero-order valence-corrected chi connectivity index (χ0v) is 12.1. The van der Waals surface area contributed by atoms with Crippen LogP contribution in [0.15, 0.2) is 18.2 Å². The summed E-state index contributed by atoms with van der Waals surface area (Å²) in [7, 11) is 1.65. The average Bonchev–Trinajstić information content (AvgIpc) is 2.43. The summed E-state index contributed by atoms with van der Waals surface area (Å²) in [4.78, 5) is 10.2. The Hall–Kier alpha value is -1.21. The van der Waals surface area contributed by atoms with Gasteiger partial charge >= 0.3 is 0 Å². The molecule has 1 aromatic carbocycles. The highest BCUT2D eigenvalue weighted by atomic mass is 35.5. The molecule has 0 radical (unpaired) electrons. The molecule has 0 aliphatic heterocycles. The molecule has 1 aromatic rings. The highest BCUT2D eigenvalue weighted by Crippen LogP contribution is 2.25. The average molecular weight is 304 g/mol. The van der Waals surface area contributed by atoms with Crippen molar-refractivity contribution in [2.24, 2.45) is 0 Å². The van der Waals surface area contributed by atoms with Crippen molar-refractivity contribution in [3.05, 3.63) is 38.9 Å². The molecule has 0 amide bonds. The van der Waals surface area contributed by atoms with E-state index in [4.69, 9.17) is 25.8 Å². The number of hydrogen-bond donors (Lipinski definition) is 0. The van der Waals surface area contributed by atoms with E-state index in [2.05, 4.69) is 0 Å². The first kappa shape index (κ1) is 16.8. The monoisotopic (exact) mass is 303 g/mol. The fraction of sp³-hybridized carbons (Fsp3) is 0.538. The summed E-state index contributed by atoms with van der Waals surface area (Å²) in [5.74, 6) is 0. The Bertz CT molecular complexity index is 427. The number of methoxy groups -OCH3 is 1. The minimum absolute atomic E-state index is 0.108. The summed E-state index contributed by atoms with van der Waals surface area (Å²) < 4.78 is 15.6. The normalized spacial score (nSPS) is 10.7. The second-order valence-electron chi connectivity index (χ2n) is 4.05. The summed E-state index contributed by atoms with van der Waals surface area (Å²) in [5, 5.41) is 10.9. The third-order valence-electron chi connectivity index (χ3n) is 2.49. The number of nitro benzene ring substituents is 1. The third kappa shape index (κ3) is 6.29. The molecule has 0 aliphatic carbocycles. The number of benzene rings is 1. The second-order valence-corrected chi connectivity index (χ2v) is 4.46. The molecule has 0 fully saturated rings. The standard InChI is InChI=1S/C13H18ClNO5/c1-18-5-2-6-19-7-8-20-10-11-3-4-12(14)13(9-11)15(16)17/h3-4,9H,2,5-8,10H2,1H3. The molecule has 6 nitrogen and oxygen atoms in total. The summed E-state index contributed by atoms with van der Waals surface area (Å²) in [5.41, 5.74) is 0.601. The molecule has 1 rings (SSSR count). The quantitative estimate of drug-likeness (QED) is 0.377. The van der Waals surface area contributed by atoms with Gasteiger partial charge in [-0.1, -0.05) is 17.7 Å². The summed E-state index contributed by atoms with van der Waals surface area (Å²) >= 11 is 5.72. The van der Waals surface area contributed by atoms with Gasteiger partial charge in [0.2, 0.25) is 0 Å². The number of rotatable bonds is 10. The minimum Gasteiger partial charge on any atom is -0.385 e. The van der Waals surface area contributed by atoms with Crippen LogP contribution >= 0.6 is 11.6 Å². The second kappa shape index (κ2) is 9.66. The predicted molar refractivity (Wildman–Crippen MR) is 75.1 cm³/mol. The number of nitrogens with zero attached hydrogens (tertiary/aromatic N) is 1. The molecule has 0 bridgehead atoms. The van der Waals surface area contributed by atoms with E-state index in [0.29, 0.717) is 38.6 Å². The Morgan fingerprint density at radius 3 is 2.65 bits per heavy atom. The van der Waals surface area contributed by atoms with Gasteiger partial charge in [0.1, 0.15) is 5.02 Å². The van der Waals surface area contributed by atoms with Gasteiger partial charge in [0.05, 0.1) is 24.7 Å². The molecule has 0 aliphatic rings. The van der Waals surface area contributed by atoms with E-state index in [1.54, 1.807) is 13.2 Å². The molecule has 20 heavy (non-hydrogen) atoms. The first-order chi connectivity index (χ1) is 9.65. The minimum atomic E-state index is -0.509. The van der Waals surface area contributed by atoms with Crippen molar-refractivity contribution in [1.29, 1.82) is 0 Å². The van der Waals surface area contributed by atoms with Gasteiger partial charge in [-0.15, -0.1) is 0 Å². The van der Waals surface area contributed by atoms with E-state index >= 15 is 0 Å². The molecule has 0 aromatic heterocycles. The van der Waals surface area contributed by atoms with Crippen LogP contribution in [-0.2, 0) is 20.8 Å². The number of nitro groups is 1. The molecule has 0 unspecified atom stereocenters. The molecule has 0 saturated heterocycles. The molecule has 7 heteroatoms. The lowest BCUT2D eigenvalue weighted by molar-refractivity contribution is -0.384. The largest absolute Gasteiger partial charge is 0.385 e. The smallest absolute Gasteiger partial charge is 0.288 e. The molecular weight excluding hydrogens is 286 g/mol. The van der Waals surface area contributed by atoms with Crippen LogP contribution in [0.3, 0.4) is 0 Å². The summed E-state index contributed by atoms with van der Waals surface area (Å²) in [6, 6.07) is 4.62. The van der Waals surface area contributed by atoms with Crippen LogP contribution in [-0.4, -0.2) is 38.5 Å². The maximum absolute atomic E-state index is 10.7. The van der Waals surface area contributed by atoms with E-state index in [9.17, 15) is 10.1 Å². The van der Waals surface area contributed by atoms with Gasteiger partial charge in [-0.25, -0.2) is 0 Å². The van der Waals surface area contributed by atoms with Crippen molar-refractivity contribution in [2.75, 3.05) is 33.5 Å². The van der Waals surface area contributed by atoms with E-state index < -0.39 is 4.92 Å². The first-order valence-corrected chi connectivity index (χ1v) is 6.60. The maximum atomic E-state index is 10.7. The fourth-order valence-corrected chi connectivity index (χ4v) is 1.69. The third-order valence-corrected chi connectivity index (χ3v) is 2.80. The van der Waals surface area contributed by atoms with Crippen molar-refractivity contribution in [3.8, 4) is 0 Å². The number of halogens is 1. The Morgan fingerprint density at radius 1 is 1.20 bits per heavy atom. The van der Waals surface area contributed by atoms with Crippen LogP contribution in [0.1, 0.15) is 12.0 Å². The Kier molecular flexibility index (Phi) is 8.13. The van der Waals surface area contributed by atoms with Crippen molar-refractivity contribution in [3.63, 3.8) is 0 Å². The Morgan fingerprint density at radius 2 is 1.95 bits per heavy atom. The SMILES string of the molecule is COCCCOCCOCc1ccc(Cl)c([N+](=O)[O-])c1.